The van der Waals surface area contributed by atoms with Crippen molar-refractivity contribution in [3.8, 4) is 0 Å². The van der Waals surface area contributed by atoms with Crippen LogP contribution in [0.4, 0.5) is 0 Å². The number of aromatic nitrogens is 1. The zero-order valence-electron chi connectivity index (χ0n) is 13.2. The van der Waals surface area contributed by atoms with E-state index in [1.807, 2.05) is 13.0 Å². The van der Waals surface area contributed by atoms with Crippen LogP contribution in [-0.2, 0) is 10.0 Å². The molecule has 120 valence electrons. The minimum Gasteiger partial charge on any atom is -0.289 e. The quantitative estimate of drug-likeness (QED) is 0.624. The molecule has 23 heavy (non-hydrogen) atoms. The molecule has 6 heteroatoms. The van der Waals surface area contributed by atoms with Gasteiger partial charge in [-0.2, -0.15) is 0 Å². The van der Waals surface area contributed by atoms with Gasteiger partial charge in [-0.05, 0) is 60.5 Å². The number of hydrogen-bond donors (Lipinski definition) is 0. The van der Waals surface area contributed by atoms with Crippen LogP contribution >= 0.6 is 0 Å². The lowest BCUT2D eigenvalue weighted by atomic mass is 10.1. The number of aryl methyl sites for hydroxylation is 1. The number of hydrogen-bond acceptors (Lipinski definition) is 4. The van der Waals surface area contributed by atoms with E-state index in [4.69, 9.17) is 0 Å². The largest absolute Gasteiger partial charge is 0.289 e. The molecule has 2 rings (SSSR count). The molecule has 1 aromatic heterocycles. The minimum atomic E-state index is -3.48. The van der Waals surface area contributed by atoms with Gasteiger partial charge in [-0.3, -0.25) is 9.78 Å². The van der Waals surface area contributed by atoms with Crippen LogP contribution in [0.5, 0.6) is 0 Å². The highest BCUT2D eigenvalue weighted by Crippen LogP contribution is 2.15. The van der Waals surface area contributed by atoms with E-state index in [0.29, 0.717) is 5.56 Å². The molecule has 0 spiro atoms. The van der Waals surface area contributed by atoms with Crippen LogP contribution in [0, 0.1) is 6.92 Å². The van der Waals surface area contributed by atoms with E-state index in [1.165, 1.54) is 44.4 Å². The van der Waals surface area contributed by atoms with Crippen molar-refractivity contribution in [1.29, 1.82) is 0 Å². The molecule has 0 N–H and O–H groups in total. The molecule has 0 atom stereocenters. The predicted molar refractivity (Wildman–Crippen MR) is 89.7 cm³/mol. The van der Waals surface area contributed by atoms with Crippen LogP contribution in [-0.4, -0.2) is 37.6 Å². The molecule has 0 amide bonds. The second-order valence-corrected chi connectivity index (χ2v) is 7.39. The highest BCUT2D eigenvalue weighted by Gasteiger charge is 2.17. The molecule has 0 aliphatic rings. The Kier molecular flexibility index (Phi) is 5.08. The van der Waals surface area contributed by atoms with Crippen LogP contribution in [0.3, 0.4) is 0 Å². The molecular formula is C17H18N2O3S. The number of nitrogens with zero attached hydrogens (tertiary/aromatic N) is 2. The highest BCUT2D eigenvalue weighted by atomic mass is 32.2. The summed E-state index contributed by atoms with van der Waals surface area (Å²) >= 11 is 0. The first-order valence-electron chi connectivity index (χ1n) is 6.98. The van der Waals surface area contributed by atoms with E-state index in [9.17, 15) is 13.2 Å². The summed E-state index contributed by atoms with van der Waals surface area (Å²) in [5, 5.41) is 0. The van der Waals surface area contributed by atoms with Crippen LogP contribution in [0.1, 0.15) is 21.5 Å². The lowest BCUT2D eigenvalue weighted by Crippen LogP contribution is -2.22. The van der Waals surface area contributed by atoms with E-state index in [-0.39, 0.29) is 10.7 Å². The Morgan fingerprint density at radius 3 is 2.35 bits per heavy atom. The fourth-order valence-corrected chi connectivity index (χ4v) is 2.82. The van der Waals surface area contributed by atoms with Crippen LogP contribution in [0.25, 0.3) is 6.08 Å². The van der Waals surface area contributed by atoms with Crippen molar-refractivity contribution in [1.82, 2.24) is 9.29 Å². The van der Waals surface area contributed by atoms with Crippen molar-refractivity contribution in [3.63, 3.8) is 0 Å². The van der Waals surface area contributed by atoms with Crippen molar-refractivity contribution >= 4 is 21.9 Å². The summed E-state index contributed by atoms with van der Waals surface area (Å²) in [4.78, 5) is 16.3. The average molecular weight is 330 g/mol. The van der Waals surface area contributed by atoms with Crippen LogP contribution in [0.15, 0.2) is 53.7 Å². The summed E-state index contributed by atoms with van der Waals surface area (Å²) in [6.07, 6.45) is 6.54. The van der Waals surface area contributed by atoms with Gasteiger partial charge in [0.05, 0.1) is 4.90 Å². The van der Waals surface area contributed by atoms with Gasteiger partial charge in [-0.25, -0.2) is 12.7 Å². The molecule has 0 saturated heterocycles. The molecule has 0 aliphatic heterocycles. The van der Waals surface area contributed by atoms with Crippen molar-refractivity contribution in [2.75, 3.05) is 14.1 Å². The Morgan fingerprint density at radius 2 is 1.78 bits per heavy atom. The van der Waals surface area contributed by atoms with Crippen molar-refractivity contribution in [3.05, 3.63) is 65.5 Å². The van der Waals surface area contributed by atoms with E-state index in [1.54, 1.807) is 18.5 Å². The first-order chi connectivity index (χ1) is 10.8. The maximum Gasteiger partial charge on any atom is 0.242 e. The number of ketones is 1. The molecular weight excluding hydrogens is 312 g/mol. The molecule has 1 heterocycles. The van der Waals surface area contributed by atoms with Crippen LogP contribution in [0.2, 0.25) is 0 Å². The lowest BCUT2D eigenvalue weighted by Gasteiger charge is -2.11. The van der Waals surface area contributed by atoms with Gasteiger partial charge in [-0.1, -0.05) is 0 Å². The Labute approximate surface area is 136 Å². The van der Waals surface area contributed by atoms with E-state index in [2.05, 4.69) is 4.98 Å². The Hall–Kier alpha value is -2.31. The number of benzene rings is 1. The Bertz CT molecular complexity index is 838. The fourth-order valence-electron chi connectivity index (χ4n) is 1.91. The second kappa shape index (κ2) is 6.85. The number of pyridine rings is 1. The van der Waals surface area contributed by atoms with Gasteiger partial charge in [0.1, 0.15) is 0 Å². The van der Waals surface area contributed by atoms with Gasteiger partial charge >= 0.3 is 0 Å². The van der Waals surface area contributed by atoms with E-state index >= 15 is 0 Å². The number of carbonyl (C=O) groups is 1. The van der Waals surface area contributed by atoms with E-state index in [0.717, 1.165) is 15.4 Å². The zero-order valence-corrected chi connectivity index (χ0v) is 14.0. The number of carbonyl (C=O) groups excluding carboxylic acids is 1. The molecule has 1 aromatic carbocycles. The molecule has 0 unspecified atom stereocenters. The molecule has 2 aromatic rings. The normalized spacial score (nSPS) is 12.0. The van der Waals surface area contributed by atoms with Gasteiger partial charge in [0.15, 0.2) is 5.78 Å². The van der Waals surface area contributed by atoms with Gasteiger partial charge in [0, 0.05) is 32.1 Å². The zero-order chi connectivity index (χ0) is 17.0. The van der Waals surface area contributed by atoms with Crippen molar-refractivity contribution in [2.45, 2.75) is 11.8 Å². The number of rotatable bonds is 5. The van der Waals surface area contributed by atoms with E-state index < -0.39 is 10.0 Å². The fraction of sp³-hybridized carbons (Fsp3) is 0.176. The molecule has 0 bridgehead atoms. The van der Waals surface area contributed by atoms with Gasteiger partial charge < -0.3 is 0 Å². The summed E-state index contributed by atoms with van der Waals surface area (Å²) in [5.41, 5.74) is 2.32. The minimum absolute atomic E-state index is 0.158. The monoisotopic (exact) mass is 330 g/mol. The summed E-state index contributed by atoms with van der Waals surface area (Å²) in [6, 6.07) is 7.76. The first-order valence-corrected chi connectivity index (χ1v) is 8.42. The standard InChI is InChI=1S/C17H18N2O3S/c1-13-10-11-18-12-15(13)6-9-17(20)14-4-7-16(8-5-14)23(21,22)19(2)3/h4-12H,1-3H3. The second-order valence-electron chi connectivity index (χ2n) is 5.24. The first kappa shape index (κ1) is 17.1. The highest BCUT2D eigenvalue weighted by molar-refractivity contribution is 7.89. The van der Waals surface area contributed by atoms with Crippen LogP contribution < -0.4 is 0 Å². The van der Waals surface area contributed by atoms with Gasteiger partial charge in [0.2, 0.25) is 10.0 Å². The summed E-state index contributed by atoms with van der Waals surface area (Å²) in [6.45, 7) is 1.94. The average Bonchev–Trinajstić information content (AvgIpc) is 2.53. The van der Waals surface area contributed by atoms with Gasteiger partial charge in [0.25, 0.3) is 0 Å². The predicted octanol–water partition coefficient (Wildman–Crippen LogP) is 2.54. The topological polar surface area (TPSA) is 67.3 Å². The molecule has 5 nitrogen and oxygen atoms in total. The molecule has 0 aliphatic carbocycles. The molecule has 0 radical (unpaired) electrons. The smallest absolute Gasteiger partial charge is 0.242 e. The third-order valence-electron chi connectivity index (χ3n) is 3.41. The summed E-state index contributed by atoms with van der Waals surface area (Å²) in [5.74, 6) is -0.193. The molecule has 0 fully saturated rings. The van der Waals surface area contributed by atoms with Crippen molar-refractivity contribution < 1.29 is 13.2 Å². The SMILES string of the molecule is Cc1ccncc1C=CC(=O)c1ccc(S(=O)(=O)N(C)C)cc1. The molecule has 0 saturated carbocycles. The third kappa shape index (κ3) is 3.91. The summed E-state index contributed by atoms with van der Waals surface area (Å²) < 4.78 is 25.1. The number of allylic oxidation sites excluding steroid dienone is 1. The van der Waals surface area contributed by atoms with Crippen molar-refractivity contribution in [2.24, 2.45) is 0 Å². The van der Waals surface area contributed by atoms with Gasteiger partial charge in [-0.15, -0.1) is 0 Å². The Morgan fingerprint density at radius 1 is 1.13 bits per heavy atom. The maximum absolute atomic E-state index is 12.2. The maximum atomic E-state index is 12.2. The summed E-state index contributed by atoms with van der Waals surface area (Å²) in [7, 11) is -0.553. The third-order valence-corrected chi connectivity index (χ3v) is 5.24. The Balaban J connectivity index is 2.20. The number of sulfonamides is 1. The lowest BCUT2D eigenvalue weighted by molar-refractivity contribution is 0.104.